The van der Waals surface area contributed by atoms with Crippen molar-refractivity contribution < 1.29 is 4.74 Å². The third-order valence-electron chi connectivity index (χ3n) is 5.14. The van der Waals surface area contributed by atoms with E-state index in [9.17, 15) is 0 Å². The number of rotatable bonds is 10. The lowest BCUT2D eigenvalue weighted by atomic mass is 10.2. The van der Waals surface area contributed by atoms with Gasteiger partial charge in [0.05, 0.1) is 13.2 Å². The predicted molar refractivity (Wildman–Crippen MR) is 104 cm³/mol. The third kappa shape index (κ3) is 8.85. The first-order valence-corrected chi connectivity index (χ1v) is 10.1. The van der Waals surface area contributed by atoms with E-state index in [1.807, 2.05) is 0 Å². The van der Waals surface area contributed by atoms with Crippen LogP contribution in [-0.2, 0) is 4.74 Å². The number of ether oxygens (including phenoxy) is 1. The zero-order valence-corrected chi connectivity index (χ0v) is 16.1. The SMILES string of the molecule is CCN1CCN(CCCCNC(N)=NCCCN2CCOCC2)CC1. The Morgan fingerprint density at radius 2 is 1.56 bits per heavy atom. The Morgan fingerprint density at radius 3 is 2.28 bits per heavy atom. The molecule has 0 aromatic rings. The molecule has 2 fully saturated rings. The van der Waals surface area contributed by atoms with Crippen LogP contribution in [0.25, 0.3) is 0 Å². The van der Waals surface area contributed by atoms with Gasteiger partial charge in [0.2, 0.25) is 0 Å². The van der Waals surface area contributed by atoms with Crippen molar-refractivity contribution in [3.05, 3.63) is 0 Å². The van der Waals surface area contributed by atoms with Crippen molar-refractivity contribution in [1.29, 1.82) is 0 Å². The lowest BCUT2D eigenvalue weighted by Crippen LogP contribution is -2.46. The molecule has 0 atom stereocenters. The second-order valence-corrected chi connectivity index (χ2v) is 6.98. The van der Waals surface area contributed by atoms with Gasteiger partial charge in [0.1, 0.15) is 0 Å². The van der Waals surface area contributed by atoms with Crippen molar-refractivity contribution in [1.82, 2.24) is 20.0 Å². The van der Waals surface area contributed by atoms with Crippen molar-refractivity contribution in [2.45, 2.75) is 26.2 Å². The summed E-state index contributed by atoms with van der Waals surface area (Å²) in [7, 11) is 0. The van der Waals surface area contributed by atoms with E-state index < -0.39 is 0 Å². The van der Waals surface area contributed by atoms with Crippen LogP contribution in [0.3, 0.4) is 0 Å². The number of nitrogens with zero attached hydrogens (tertiary/aromatic N) is 4. The molecule has 7 heteroatoms. The molecule has 0 aromatic carbocycles. The van der Waals surface area contributed by atoms with E-state index >= 15 is 0 Å². The van der Waals surface area contributed by atoms with Gasteiger partial charge in [0.25, 0.3) is 0 Å². The Morgan fingerprint density at radius 1 is 0.920 bits per heavy atom. The van der Waals surface area contributed by atoms with Crippen LogP contribution >= 0.6 is 0 Å². The molecule has 25 heavy (non-hydrogen) atoms. The molecular formula is C18H38N6O. The van der Waals surface area contributed by atoms with Crippen LogP contribution in [0.15, 0.2) is 4.99 Å². The van der Waals surface area contributed by atoms with E-state index in [4.69, 9.17) is 10.5 Å². The number of hydrogen-bond donors (Lipinski definition) is 2. The van der Waals surface area contributed by atoms with E-state index in [0.29, 0.717) is 5.96 Å². The summed E-state index contributed by atoms with van der Waals surface area (Å²) in [4.78, 5) is 12.0. The molecule has 0 saturated carbocycles. The number of nitrogens with one attached hydrogen (secondary N) is 1. The molecule has 0 amide bonds. The van der Waals surface area contributed by atoms with Crippen LogP contribution in [0.5, 0.6) is 0 Å². The number of piperazine rings is 1. The molecule has 0 unspecified atom stereocenters. The summed E-state index contributed by atoms with van der Waals surface area (Å²) in [5.41, 5.74) is 5.94. The van der Waals surface area contributed by atoms with Crippen molar-refractivity contribution in [2.75, 3.05) is 85.2 Å². The standard InChI is InChI=1S/C18H38N6O/c1-2-22-10-12-23(13-11-22)8-4-3-6-20-18(19)21-7-5-9-24-14-16-25-17-15-24/h2-17H2,1H3,(H3,19,20,21). The molecule has 2 aliphatic heterocycles. The molecular weight excluding hydrogens is 316 g/mol. The highest BCUT2D eigenvalue weighted by Gasteiger charge is 2.14. The number of nitrogens with two attached hydrogens (primary N) is 1. The van der Waals surface area contributed by atoms with Crippen LogP contribution in [0.2, 0.25) is 0 Å². The fourth-order valence-electron chi connectivity index (χ4n) is 3.38. The topological polar surface area (TPSA) is 69.4 Å². The van der Waals surface area contributed by atoms with E-state index in [1.54, 1.807) is 0 Å². The van der Waals surface area contributed by atoms with Gasteiger partial charge in [0, 0.05) is 58.9 Å². The van der Waals surface area contributed by atoms with Crippen LogP contribution in [0, 0.1) is 0 Å². The van der Waals surface area contributed by atoms with Crippen LogP contribution < -0.4 is 11.1 Å². The molecule has 2 aliphatic rings. The summed E-state index contributed by atoms with van der Waals surface area (Å²) in [5, 5.41) is 3.24. The summed E-state index contributed by atoms with van der Waals surface area (Å²) in [6, 6.07) is 0. The highest BCUT2D eigenvalue weighted by atomic mass is 16.5. The van der Waals surface area contributed by atoms with Crippen LogP contribution in [-0.4, -0.2) is 106 Å². The van der Waals surface area contributed by atoms with Gasteiger partial charge in [-0.1, -0.05) is 6.92 Å². The van der Waals surface area contributed by atoms with Crippen molar-refractivity contribution >= 4 is 5.96 Å². The monoisotopic (exact) mass is 354 g/mol. The van der Waals surface area contributed by atoms with Gasteiger partial charge in [-0.3, -0.25) is 9.89 Å². The number of unbranched alkanes of at least 4 members (excludes halogenated alkanes) is 1. The Bertz CT molecular complexity index is 365. The minimum absolute atomic E-state index is 0.596. The average Bonchev–Trinajstić information content (AvgIpc) is 2.66. The summed E-state index contributed by atoms with van der Waals surface area (Å²) in [6.45, 7) is 16.1. The maximum Gasteiger partial charge on any atom is 0.188 e. The maximum absolute atomic E-state index is 5.94. The van der Waals surface area contributed by atoms with E-state index in [-0.39, 0.29) is 0 Å². The molecule has 0 aromatic heterocycles. The maximum atomic E-state index is 5.94. The first-order chi connectivity index (χ1) is 12.3. The minimum Gasteiger partial charge on any atom is -0.379 e. The summed E-state index contributed by atoms with van der Waals surface area (Å²) < 4.78 is 5.35. The second-order valence-electron chi connectivity index (χ2n) is 6.98. The van der Waals surface area contributed by atoms with Crippen LogP contribution in [0.1, 0.15) is 26.2 Å². The number of likely N-dealkylation sites (N-methyl/N-ethyl adjacent to an activating group) is 1. The Hall–Kier alpha value is -0.890. The molecule has 0 aliphatic carbocycles. The number of hydrogen-bond acceptors (Lipinski definition) is 5. The molecule has 2 heterocycles. The average molecular weight is 355 g/mol. The zero-order chi connectivity index (χ0) is 17.7. The molecule has 0 radical (unpaired) electrons. The van der Waals surface area contributed by atoms with Gasteiger partial charge in [0.15, 0.2) is 5.96 Å². The first kappa shape index (κ1) is 20.4. The second kappa shape index (κ2) is 12.5. The summed E-state index contributed by atoms with van der Waals surface area (Å²) in [5.74, 6) is 0.596. The highest BCUT2D eigenvalue weighted by molar-refractivity contribution is 5.77. The predicted octanol–water partition coefficient (Wildman–Crippen LogP) is 0.0307. The van der Waals surface area contributed by atoms with Gasteiger partial charge in [-0.2, -0.15) is 0 Å². The van der Waals surface area contributed by atoms with Gasteiger partial charge >= 0.3 is 0 Å². The largest absolute Gasteiger partial charge is 0.379 e. The number of morpholine rings is 1. The first-order valence-electron chi connectivity index (χ1n) is 10.1. The lowest BCUT2D eigenvalue weighted by Gasteiger charge is -2.33. The molecule has 2 saturated heterocycles. The highest BCUT2D eigenvalue weighted by Crippen LogP contribution is 2.03. The molecule has 7 nitrogen and oxygen atoms in total. The van der Waals surface area contributed by atoms with Crippen molar-refractivity contribution in [2.24, 2.45) is 10.7 Å². The molecule has 3 N–H and O–H groups in total. The smallest absolute Gasteiger partial charge is 0.188 e. The van der Waals surface area contributed by atoms with Crippen LogP contribution in [0.4, 0.5) is 0 Å². The minimum atomic E-state index is 0.596. The zero-order valence-electron chi connectivity index (χ0n) is 16.1. The number of aliphatic imine (C=N–C) groups is 1. The Kier molecular flexibility index (Phi) is 10.2. The van der Waals surface area contributed by atoms with Gasteiger partial charge < -0.3 is 25.6 Å². The fraction of sp³-hybridized carbons (Fsp3) is 0.944. The fourth-order valence-corrected chi connectivity index (χ4v) is 3.38. The van der Waals surface area contributed by atoms with Gasteiger partial charge in [-0.25, -0.2) is 0 Å². The lowest BCUT2D eigenvalue weighted by molar-refractivity contribution is 0.0377. The molecule has 146 valence electrons. The Balaban J connectivity index is 1.41. The number of guanidine groups is 1. The summed E-state index contributed by atoms with van der Waals surface area (Å²) >= 11 is 0. The quantitative estimate of drug-likeness (QED) is 0.328. The normalized spacial score (nSPS) is 21.6. The van der Waals surface area contributed by atoms with E-state index in [0.717, 1.165) is 58.8 Å². The van der Waals surface area contributed by atoms with Crippen molar-refractivity contribution in [3.8, 4) is 0 Å². The van der Waals surface area contributed by atoms with E-state index in [1.165, 1.54) is 45.7 Å². The molecule has 0 bridgehead atoms. The van der Waals surface area contributed by atoms with Gasteiger partial charge in [-0.15, -0.1) is 0 Å². The van der Waals surface area contributed by atoms with Crippen molar-refractivity contribution in [3.63, 3.8) is 0 Å². The molecule has 2 rings (SSSR count). The third-order valence-corrected chi connectivity index (χ3v) is 5.14. The molecule has 0 spiro atoms. The van der Waals surface area contributed by atoms with E-state index in [2.05, 4.69) is 31.9 Å². The van der Waals surface area contributed by atoms with Gasteiger partial charge in [-0.05, 0) is 32.4 Å². The summed E-state index contributed by atoms with van der Waals surface area (Å²) in [6.07, 6.45) is 3.44. The Labute approximate surface area is 153 Å².